The van der Waals surface area contributed by atoms with E-state index in [1.54, 1.807) is 6.26 Å². The van der Waals surface area contributed by atoms with Crippen LogP contribution in [0.4, 0.5) is 0 Å². The van der Waals surface area contributed by atoms with Crippen LogP contribution in [0.1, 0.15) is 33.1 Å². The Hall–Kier alpha value is -0.170. The lowest BCUT2D eigenvalue weighted by Crippen LogP contribution is -2.65. The maximum atomic E-state index is 12.8. The molecule has 2 heterocycles. The molecular formula is C18H37ClN2O7S. The summed E-state index contributed by atoms with van der Waals surface area (Å²) in [6.07, 6.45) is -1.50. The van der Waals surface area contributed by atoms with Crippen LogP contribution in [0, 0.1) is 5.92 Å². The highest BCUT2D eigenvalue weighted by Crippen LogP contribution is 2.30. The Labute approximate surface area is 182 Å². The number of ether oxygens (including phenoxy) is 1. The highest BCUT2D eigenvalue weighted by molar-refractivity contribution is 7.99. The molecule has 0 aliphatic carbocycles. The van der Waals surface area contributed by atoms with Crippen LogP contribution in [0.25, 0.3) is 0 Å². The molecule has 2 aliphatic rings. The summed E-state index contributed by atoms with van der Waals surface area (Å²) in [5, 5.41) is 43.5. The largest absolute Gasteiger partial charge is 0.412 e. The Morgan fingerprint density at radius 1 is 1.28 bits per heavy atom. The van der Waals surface area contributed by atoms with Gasteiger partial charge >= 0.3 is 0 Å². The fraction of sp³-hybridized carbons (Fsp3) is 0.944. The molecular weight excluding hydrogens is 424 g/mol. The third kappa shape index (κ3) is 6.65. The molecule has 2 saturated heterocycles. The van der Waals surface area contributed by atoms with Crippen LogP contribution in [0.2, 0.25) is 0 Å². The molecule has 7 N–H and O–H groups in total. The molecule has 11 heteroatoms. The van der Waals surface area contributed by atoms with E-state index in [4.69, 9.17) is 4.74 Å². The molecule has 2 aliphatic heterocycles. The predicted octanol–water partition coefficient (Wildman–Crippen LogP) is -1.26. The topological polar surface area (TPSA) is 154 Å². The minimum atomic E-state index is -1.42. The van der Waals surface area contributed by atoms with Gasteiger partial charge < -0.3 is 36.0 Å². The molecule has 0 radical (unpaired) electrons. The smallest absolute Gasteiger partial charge is 0.237 e. The highest BCUT2D eigenvalue weighted by Gasteiger charge is 2.48. The molecule has 2 fully saturated rings. The number of amides is 1. The van der Waals surface area contributed by atoms with E-state index in [0.29, 0.717) is 5.92 Å². The molecule has 0 aromatic carbocycles. The van der Waals surface area contributed by atoms with Gasteiger partial charge in [-0.15, -0.1) is 24.2 Å². The standard InChI is InChI=1S/C18H34N2O6S.ClH.H2O/c1-5-6-10-7-11(20(3)8-10)17(25)19-12(9(2)21)16-14(23)13(22)15(24)18(26-16)27-4;;/h9-16,18,21-24H,5-8H2,1-4H3,(H,19,25);1H;1H2/t9?,10-,11+,12+,13+,14-,15-,16-,18-;;/m1../s1. The van der Waals surface area contributed by atoms with E-state index in [-0.39, 0.29) is 29.8 Å². The number of carbonyl (C=O) groups excluding carboxylic acids is 1. The van der Waals surface area contributed by atoms with Crippen LogP contribution in [-0.4, -0.2) is 105 Å². The fourth-order valence-corrected chi connectivity index (χ4v) is 4.81. The number of likely N-dealkylation sites (tertiary alicyclic amines) is 1. The van der Waals surface area contributed by atoms with E-state index in [2.05, 4.69) is 12.2 Å². The molecule has 0 aromatic heterocycles. The normalized spacial score (nSPS) is 37.2. The van der Waals surface area contributed by atoms with Crippen molar-refractivity contribution >= 4 is 30.1 Å². The lowest BCUT2D eigenvalue weighted by Gasteiger charge is -2.44. The first-order valence-corrected chi connectivity index (χ1v) is 10.9. The average Bonchev–Trinajstić information content (AvgIpc) is 2.99. The maximum absolute atomic E-state index is 12.8. The summed E-state index contributed by atoms with van der Waals surface area (Å²) in [5.41, 5.74) is -0.755. The first kappa shape index (κ1) is 28.8. The highest BCUT2D eigenvalue weighted by atomic mass is 35.5. The second kappa shape index (κ2) is 12.6. The number of thioether (sulfide) groups is 1. The molecule has 9 nitrogen and oxygen atoms in total. The Balaban J connectivity index is 0.00000392. The lowest BCUT2D eigenvalue weighted by molar-refractivity contribution is -0.211. The molecule has 174 valence electrons. The van der Waals surface area contributed by atoms with Crippen molar-refractivity contribution in [1.82, 2.24) is 10.2 Å². The number of aliphatic hydroxyl groups excluding tert-OH is 4. The summed E-state index contributed by atoms with van der Waals surface area (Å²) in [5.74, 6) is 0.245. The van der Waals surface area contributed by atoms with Crippen molar-refractivity contribution < 1.29 is 35.4 Å². The SMILES string of the molecule is CCC[C@@H]1C[C@@H](C(=O)N[C@@H](C(C)O)[C@H]2O[C@H](SC)[C@H](O)[C@@H](O)[C@H]2O)N(C)C1.Cl.O. The summed E-state index contributed by atoms with van der Waals surface area (Å²) in [4.78, 5) is 14.9. The molecule has 0 aromatic rings. The minimum absolute atomic E-state index is 0. The summed E-state index contributed by atoms with van der Waals surface area (Å²) < 4.78 is 5.72. The molecule has 2 rings (SSSR count). The number of nitrogens with one attached hydrogen (secondary N) is 1. The zero-order valence-electron chi connectivity index (χ0n) is 17.4. The Morgan fingerprint density at radius 2 is 1.90 bits per heavy atom. The Morgan fingerprint density at radius 3 is 2.41 bits per heavy atom. The zero-order chi connectivity index (χ0) is 20.3. The molecule has 0 bridgehead atoms. The molecule has 0 saturated carbocycles. The van der Waals surface area contributed by atoms with Crippen molar-refractivity contribution in [2.75, 3.05) is 19.8 Å². The van der Waals surface area contributed by atoms with Gasteiger partial charge in [-0.3, -0.25) is 9.69 Å². The van der Waals surface area contributed by atoms with E-state index in [1.165, 1.54) is 18.7 Å². The number of nitrogens with zero attached hydrogens (tertiary/aromatic N) is 1. The van der Waals surface area contributed by atoms with Gasteiger partial charge in [0.05, 0.1) is 18.2 Å². The van der Waals surface area contributed by atoms with Crippen LogP contribution in [0.3, 0.4) is 0 Å². The summed E-state index contributed by atoms with van der Waals surface area (Å²) in [7, 11) is 1.91. The van der Waals surface area contributed by atoms with Crippen LogP contribution in [0.5, 0.6) is 0 Å². The van der Waals surface area contributed by atoms with Gasteiger partial charge in [-0.2, -0.15) is 0 Å². The van der Waals surface area contributed by atoms with Crippen molar-refractivity contribution in [3.8, 4) is 0 Å². The third-order valence-electron chi connectivity index (χ3n) is 5.66. The average molecular weight is 461 g/mol. The van der Waals surface area contributed by atoms with Crippen LogP contribution >= 0.6 is 24.2 Å². The molecule has 29 heavy (non-hydrogen) atoms. The van der Waals surface area contributed by atoms with Crippen molar-refractivity contribution in [2.45, 2.75) is 81.1 Å². The first-order chi connectivity index (χ1) is 12.7. The molecule has 9 atom stereocenters. The van der Waals surface area contributed by atoms with Gasteiger partial charge in [0.1, 0.15) is 29.9 Å². The number of aliphatic hydroxyl groups is 4. The van der Waals surface area contributed by atoms with E-state index >= 15 is 0 Å². The number of halogens is 1. The zero-order valence-corrected chi connectivity index (χ0v) is 19.0. The number of rotatable bonds is 7. The second-order valence-corrected chi connectivity index (χ2v) is 8.73. The summed E-state index contributed by atoms with van der Waals surface area (Å²) >= 11 is 1.20. The van der Waals surface area contributed by atoms with Gasteiger partial charge in [-0.05, 0) is 39.0 Å². The predicted molar refractivity (Wildman–Crippen MR) is 114 cm³/mol. The lowest BCUT2D eigenvalue weighted by atomic mass is 9.92. The van der Waals surface area contributed by atoms with Gasteiger partial charge in [0.25, 0.3) is 0 Å². The van der Waals surface area contributed by atoms with Crippen molar-refractivity contribution in [2.24, 2.45) is 5.92 Å². The van der Waals surface area contributed by atoms with Gasteiger partial charge in [0, 0.05) is 6.54 Å². The van der Waals surface area contributed by atoms with Crippen molar-refractivity contribution in [3.63, 3.8) is 0 Å². The van der Waals surface area contributed by atoms with Crippen molar-refractivity contribution in [1.29, 1.82) is 0 Å². The van der Waals surface area contributed by atoms with Crippen LogP contribution in [0.15, 0.2) is 0 Å². The first-order valence-electron chi connectivity index (χ1n) is 9.62. The maximum Gasteiger partial charge on any atom is 0.237 e. The molecule has 1 unspecified atom stereocenters. The number of likely N-dealkylation sites (N-methyl/N-ethyl adjacent to an activating group) is 1. The van der Waals surface area contributed by atoms with Gasteiger partial charge in [-0.1, -0.05) is 13.3 Å². The van der Waals surface area contributed by atoms with Gasteiger partial charge in [0.2, 0.25) is 5.91 Å². The van der Waals surface area contributed by atoms with E-state index < -0.39 is 42.0 Å². The quantitative estimate of drug-likeness (QED) is 0.315. The van der Waals surface area contributed by atoms with Crippen LogP contribution < -0.4 is 5.32 Å². The summed E-state index contributed by atoms with van der Waals surface area (Å²) in [6.45, 7) is 4.48. The number of carbonyl (C=O) groups is 1. The number of hydrogen-bond donors (Lipinski definition) is 5. The minimum Gasteiger partial charge on any atom is -0.412 e. The van der Waals surface area contributed by atoms with Gasteiger partial charge in [0.15, 0.2) is 0 Å². The van der Waals surface area contributed by atoms with E-state index in [1.807, 2.05) is 11.9 Å². The summed E-state index contributed by atoms with van der Waals surface area (Å²) in [6, 6.07) is -1.20. The van der Waals surface area contributed by atoms with Crippen molar-refractivity contribution in [3.05, 3.63) is 0 Å². The van der Waals surface area contributed by atoms with Crippen LogP contribution in [-0.2, 0) is 9.53 Å². The van der Waals surface area contributed by atoms with Gasteiger partial charge in [-0.25, -0.2) is 0 Å². The number of hydrogen-bond acceptors (Lipinski definition) is 8. The van der Waals surface area contributed by atoms with E-state index in [0.717, 1.165) is 25.8 Å². The Bertz CT molecular complexity index is 503. The van der Waals surface area contributed by atoms with E-state index in [9.17, 15) is 25.2 Å². The third-order valence-corrected chi connectivity index (χ3v) is 6.51. The molecule has 1 amide bonds. The monoisotopic (exact) mass is 460 g/mol. The second-order valence-electron chi connectivity index (χ2n) is 7.80. The Kier molecular flexibility index (Phi) is 12.6. The molecule has 0 spiro atoms. The fourth-order valence-electron chi connectivity index (χ4n) is 4.13.